The summed E-state index contributed by atoms with van der Waals surface area (Å²) < 4.78 is 69.0. The molecule has 1 N–H and O–H groups in total. The molecule has 1 aliphatic rings. The lowest BCUT2D eigenvalue weighted by Crippen LogP contribution is -2.49. The van der Waals surface area contributed by atoms with Crippen LogP contribution in [0.15, 0.2) is 71.6 Å². The van der Waals surface area contributed by atoms with Crippen LogP contribution in [0.3, 0.4) is 0 Å². The van der Waals surface area contributed by atoms with Crippen LogP contribution >= 0.6 is 0 Å². The molecule has 2 atom stereocenters. The van der Waals surface area contributed by atoms with E-state index in [1.807, 2.05) is 35.2 Å². The molecule has 2 unspecified atom stereocenters. The first-order valence-corrected chi connectivity index (χ1v) is 12.4. The van der Waals surface area contributed by atoms with Crippen LogP contribution in [0.4, 0.5) is 19.0 Å². The number of rotatable bonds is 5. The number of fused-ring (bicyclic) bond motifs is 1. The van der Waals surface area contributed by atoms with Crippen molar-refractivity contribution in [1.82, 2.24) is 24.5 Å². The maximum Gasteiger partial charge on any atom is 0.416 e. The lowest BCUT2D eigenvalue weighted by molar-refractivity contribution is -0.137. The highest BCUT2D eigenvalue weighted by atomic mass is 32.3. The Balaban J connectivity index is 1.36. The molecule has 1 saturated heterocycles. The fourth-order valence-corrected chi connectivity index (χ4v) is 5.43. The van der Waals surface area contributed by atoms with Crippen molar-refractivity contribution in [3.05, 3.63) is 72.3 Å². The predicted molar refractivity (Wildman–Crippen MR) is 123 cm³/mol. The lowest BCUT2D eigenvalue weighted by atomic mass is 10.1. The average molecular weight is 503 g/mol. The molecule has 182 valence electrons. The van der Waals surface area contributed by atoms with Gasteiger partial charge in [0.25, 0.3) is 0 Å². The molecule has 0 radical (unpaired) electrons. The van der Waals surface area contributed by atoms with Gasteiger partial charge in [-0.25, -0.2) is 0 Å². The van der Waals surface area contributed by atoms with Gasteiger partial charge in [-0.05, 0) is 37.1 Å². The van der Waals surface area contributed by atoms with E-state index in [0.29, 0.717) is 49.3 Å². The maximum atomic E-state index is 13.0. The smallest absolute Gasteiger partial charge is 0.416 e. The summed E-state index contributed by atoms with van der Waals surface area (Å²) in [4.78, 5) is 1.53. The molecule has 8 nitrogen and oxygen atoms in total. The molecule has 2 aromatic carbocycles. The molecule has 0 saturated carbocycles. The maximum absolute atomic E-state index is 13.0. The summed E-state index contributed by atoms with van der Waals surface area (Å²) in [5.41, 5.74) is 0.424. The Bertz CT molecular complexity index is 1400. The van der Waals surface area contributed by atoms with E-state index in [1.54, 1.807) is 16.6 Å². The quantitative estimate of drug-likeness (QED) is 0.415. The van der Waals surface area contributed by atoms with Crippen molar-refractivity contribution in [3.8, 4) is 11.4 Å². The molecule has 2 aromatic heterocycles. The third-order valence-electron chi connectivity index (χ3n) is 5.82. The summed E-state index contributed by atoms with van der Waals surface area (Å²) in [6, 6.07) is 16.3. The Labute approximate surface area is 200 Å². The fourth-order valence-electron chi connectivity index (χ4n) is 4.12. The highest BCUT2D eigenvalue weighted by Gasteiger charge is 2.34. The molecule has 4 aromatic rings. The van der Waals surface area contributed by atoms with Gasteiger partial charge >= 0.3 is 6.18 Å². The fraction of sp³-hybridized carbons (Fsp3) is 0.261. The van der Waals surface area contributed by atoms with Gasteiger partial charge in [-0.1, -0.05) is 40.6 Å². The number of halogens is 3. The zero-order chi connectivity index (χ0) is 24.6. The molecule has 5 rings (SSSR count). The summed E-state index contributed by atoms with van der Waals surface area (Å²) in [5.74, 6) is 1.21. The van der Waals surface area contributed by atoms with Crippen LogP contribution < -0.4 is 9.62 Å². The summed E-state index contributed by atoms with van der Waals surface area (Å²) >= 11 is 0. The summed E-state index contributed by atoms with van der Waals surface area (Å²) in [6.45, 7) is 0.975. The van der Waals surface area contributed by atoms with Gasteiger partial charge < -0.3 is 9.45 Å². The van der Waals surface area contributed by atoms with Gasteiger partial charge in [0.2, 0.25) is 0 Å². The number of benzene rings is 2. The zero-order valence-electron chi connectivity index (χ0n) is 18.4. The van der Waals surface area contributed by atoms with Crippen molar-refractivity contribution >= 4 is 21.9 Å². The first-order chi connectivity index (χ1) is 16.7. The second-order valence-electron chi connectivity index (χ2n) is 8.28. The Morgan fingerprint density at radius 2 is 1.83 bits per heavy atom. The normalized spacial score (nSPS) is 18.5. The molecule has 1 fully saturated rings. The summed E-state index contributed by atoms with van der Waals surface area (Å²) in [7, 11) is -4.14. The molecular weight excluding hydrogens is 481 g/mol. The van der Waals surface area contributed by atoms with Gasteiger partial charge in [0, 0.05) is 24.7 Å². The molecule has 3 heterocycles. The van der Waals surface area contributed by atoms with E-state index in [4.69, 9.17) is 0 Å². The number of nitrogens with zero attached hydrogens (tertiary/aromatic N) is 5. The van der Waals surface area contributed by atoms with Crippen LogP contribution in [0.5, 0.6) is 0 Å². The Kier molecular flexibility index (Phi) is 6.03. The molecular formula is C23H21F3N6O2S. The minimum Gasteiger partial charge on any atom is -0.593 e. The van der Waals surface area contributed by atoms with Crippen molar-refractivity contribution in [2.75, 3.05) is 18.0 Å². The molecule has 0 spiro atoms. The van der Waals surface area contributed by atoms with Crippen molar-refractivity contribution in [2.24, 2.45) is 0 Å². The van der Waals surface area contributed by atoms with E-state index in [1.165, 1.54) is 0 Å². The van der Waals surface area contributed by atoms with E-state index in [2.05, 4.69) is 20.0 Å². The van der Waals surface area contributed by atoms with Crippen molar-refractivity contribution in [2.45, 2.75) is 30.0 Å². The van der Waals surface area contributed by atoms with Crippen molar-refractivity contribution in [3.63, 3.8) is 0 Å². The van der Waals surface area contributed by atoms with Gasteiger partial charge in [-0.2, -0.15) is 17.7 Å². The molecule has 35 heavy (non-hydrogen) atoms. The number of nitrogens with one attached hydrogen (secondary N) is 1. The number of piperidine rings is 1. The van der Waals surface area contributed by atoms with Crippen LogP contribution in [0.1, 0.15) is 18.4 Å². The first-order valence-electron chi connectivity index (χ1n) is 10.9. The zero-order valence-corrected chi connectivity index (χ0v) is 19.2. The van der Waals surface area contributed by atoms with Crippen LogP contribution in [0.2, 0.25) is 0 Å². The van der Waals surface area contributed by atoms with Crippen LogP contribution in [-0.4, -0.2) is 43.5 Å². The molecule has 12 heteroatoms. The van der Waals surface area contributed by atoms with E-state index in [-0.39, 0.29) is 0 Å². The minimum absolute atomic E-state index is 0.319. The van der Waals surface area contributed by atoms with Crippen molar-refractivity contribution in [1.29, 1.82) is 0 Å². The topological polar surface area (TPSA) is 98.5 Å². The predicted octanol–water partition coefficient (Wildman–Crippen LogP) is 3.97. The van der Waals surface area contributed by atoms with Crippen LogP contribution in [0, 0.1) is 0 Å². The Morgan fingerprint density at radius 3 is 2.60 bits per heavy atom. The number of alkyl halides is 3. The summed E-state index contributed by atoms with van der Waals surface area (Å²) in [6.07, 6.45) is -3.39. The molecule has 1 aliphatic heterocycles. The third kappa shape index (κ3) is 4.90. The Morgan fingerprint density at radius 1 is 1.03 bits per heavy atom. The van der Waals surface area contributed by atoms with Gasteiger partial charge in [0.05, 0.1) is 11.6 Å². The van der Waals surface area contributed by atoms with Gasteiger partial charge in [0.15, 0.2) is 26.8 Å². The largest absolute Gasteiger partial charge is 0.593 e. The van der Waals surface area contributed by atoms with Crippen molar-refractivity contribution < 1.29 is 21.9 Å². The lowest BCUT2D eigenvalue weighted by Gasteiger charge is -2.34. The molecule has 0 aliphatic carbocycles. The van der Waals surface area contributed by atoms with Gasteiger partial charge in [0.1, 0.15) is 5.82 Å². The average Bonchev–Trinajstić information content (AvgIpc) is 3.27. The van der Waals surface area contributed by atoms with Gasteiger partial charge in [-0.3, -0.25) is 0 Å². The summed E-state index contributed by atoms with van der Waals surface area (Å²) in [5, 5.41) is 13.1. The second kappa shape index (κ2) is 9.02. The second-order valence-corrected chi connectivity index (χ2v) is 10.00. The van der Waals surface area contributed by atoms with E-state index >= 15 is 0 Å². The Hall–Kier alpha value is -3.35. The molecule has 0 amide bonds. The molecule has 0 bridgehead atoms. The number of hydrogen-bond acceptors (Lipinski definition) is 6. The third-order valence-corrected chi connectivity index (χ3v) is 7.34. The number of anilines is 1. The van der Waals surface area contributed by atoms with Crippen LogP contribution in [0.25, 0.3) is 17.0 Å². The highest BCUT2D eigenvalue weighted by Crippen LogP contribution is 2.31. The SMILES string of the molecule is O=[S+]([O-])(NC1CCCN(c2ccc3nnc(-c4ccccc4)n3n2)C1)c1cccc(C(F)(F)F)c1. The highest BCUT2D eigenvalue weighted by molar-refractivity contribution is 7.95. The van der Waals surface area contributed by atoms with Crippen LogP contribution in [-0.2, 0) is 20.8 Å². The van der Waals surface area contributed by atoms with Gasteiger partial charge in [-0.15, -0.1) is 20.0 Å². The van der Waals surface area contributed by atoms with E-state index in [9.17, 15) is 21.9 Å². The number of sulfonamides is 1. The monoisotopic (exact) mass is 502 g/mol. The number of hydrogen-bond donors (Lipinski definition) is 1. The number of aromatic nitrogens is 4. The standard InChI is InChI=1S/C23H21F3N6O2S/c24-23(25,26)17-8-4-10-19(14-17)35(33,34)30-18-9-5-13-31(15-18)21-12-11-20-27-28-22(32(20)29-21)16-6-2-1-3-7-16/h1-4,6-8,10-12,14,18H,5,9,13,15H2,(H-,30,33,34). The first kappa shape index (κ1) is 23.4. The van der Waals surface area contributed by atoms with E-state index in [0.717, 1.165) is 23.8 Å². The van der Waals surface area contributed by atoms with E-state index < -0.39 is 33.1 Å². The minimum atomic E-state index is -4.63.